The molecule has 0 atom stereocenters. The van der Waals surface area contributed by atoms with Gasteiger partial charge in [-0.2, -0.15) is 0 Å². The lowest BCUT2D eigenvalue weighted by atomic mass is 10.1. The number of carbonyl (C=O) groups is 2. The van der Waals surface area contributed by atoms with Crippen LogP contribution in [0.15, 0.2) is 59.2 Å². The molecule has 3 rings (SSSR count). The second-order valence-electron chi connectivity index (χ2n) is 5.56. The van der Waals surface area contributed by atoms with Gasteiger partial charge in [-0.25, -0.2) is 0 Å². The Bertz CT molecular complexity index is 969. The maximum absolute atomic E-state index is 12.4. The maximum Gasteiger partial charge on any atom is 0.291 e. The molecule has 0 saturated carbocycles. The van der Waals surface area contributed by atoms with Crippen molar-refractivity contribution in [2.45, 2.75) is 6.92 Å². The van der Waals surface area contributed by atoms with E-state index in [1.165, 1.54) is 6.26 Å². The van der Waals surface area contributed by atoms with Crippen molar-refractivity contribution in [2.24, 2.45) is 0 Å². The monoisotopic (exact) mass is 388 g/mol. The van der Waals surface area contributed by atoms with Crippen LogP contribution in [0, 0.1) is 6.92 Å². The van der Waals surface area contributed by atoms with E-state index in [0.717, 1.165) is 5.56 Å². The van der Waals surface area contributed by atoms with Crippen LogP contribution in [0.4, 0.5) is 11.4 Å². The van der Waals surface area contributed by atoms with Gasteiger partial charge in [0.1, 0.15) is 0 Å². The Labute approximate surface area is 159 Å². The smallest absolute Gasteiger partial charge is 0.291 e. The van der Waals surface area contributed by atoms with E-state index in [1.807, 2.05) is 6.92 Å². The van der Waals surface area contributed by atoms with E-state index in [0.29, 0.717) is 22.0 Å². The molecule has 2 aromatic carbocycles. The highest BCUT2D eigenvalue weighted by molar-refractivity contribution is 6.35. The van der Waals surface area contributed by atoms with Crippen molar-refractivity contribution in [2.75, 3.05) is 10.6 Å². The molecule has 0 radical (unpaired) electrons. The first-order valence-electron chi connectivity index (χ1n) is 7.66. The number of hydrogen-bond acceptors (Lipinski definition) is 3. The van der Waals surface area contributed by atoms with Gasteiger partial charge >= 0.3 is 0 Å². The van der Waals surface area contributed by atoms with Gasteiger partial charge in [-0.15, -0.1) is 0 Å². The van der Waals surface area contributed by atoms with E-state index < -0.39 is 5.91 Å². The third-order valence-corrected chi connectivity index (χ3v) is 4.21. The Morgan fingerprint density at radius 2 is 1.73 bits per heavy atom. The van der Waals surface area contributed by atoms with Crippen LogP contribution in [0.5, 0.6) is 0 Å². The Morgan fingerprint density at radius 1 is 0.923 bits per heavy atom. The molecule has 0 saturated heterocycles. The molecule has 1 heterocycles. The van der Waals surface area contributed by atoms with Crippen molar-refractivity contribution < 1.29 is 14.0 Å². The van der Waals surface area contributed by atoms with Gasteiger partial charge in [0.05, 0.1) is 27.6 Å². The number of nitrogens with one attached hydrogen (secondary N) is 2. The third kappa shape index (κ3) is 4.07. The molecule has 3 aromatic rings. The molecule has 0 aliphatic heterocycles. The highest BCUT2D eigenvalue weighted by Gasteiger charge is 2.14. The lowest BCUT2D eigenvalue weighted by Crippen LogP contribution is -2.13. The zero-order valence-corrected chi connectivity index (χ0v) is 15.2. The lowest BCUT2D eigenvalue weighted by Gasteiger charge is -2.10. The topological polar surface area (TPSA) is 71.3 Å². The number of furan rings is 1. The zero-order valence-electron chi connectivity index (χ0n) is 13.7. The first kappa shape index (κ1) is 18.0. The molecule has 1 aromatic heterocycles. The summed E-state index contributed by atoms with van der Waals surface area (Å²) < 4.78 is 5.03. The minimum Gasteiger partial charge on any atom is -0.459 e. The summed E-state index contributed by atoms with van der Waals surface area (Å²) in [7, 11) is 0. The molecule has 26 heavy (non-hydrogen) atoms. The van der Waals surface area contributed by atoms with Gasteiger partial charge in [-0.05, 0) is 55.0 Å². The molecule has 0 unspecified atom stereocenters. The number of benzene rings is 2. The number of hydrogen-bond donors (Lipinski definition) is 2. The number of rotatable bonds is 4. The van der Waals surface area contributed by atoms with Crippen LogP contribution in [0.25, 0.3) is 0 Å². The fourth-order valence-electron chi connectivity index (χ4n) is 2.29. The normalized spacial score (nSPS) is 10.4. The van der Waals surface area contributed by atoms with E-state index >= 15 is 0 Å². The molecule has 7 heteroatoms. The van der Waals surface area contributed by atoms with E-state index in [9.17, 15) is 9.59 Å². The van der Waals surface area contributed by atoms with Crippen molar-refractivity contribution in [3.05, 3.63) is 81.7 Å². The fraction of sp³-hybridized carbons (Fsp3) is 0.0526. The number of carbonyl (C=O) groups excluding carboxylic acids is 2. The van der Waals surface area contributed by atoms with Crippen molar-refractivity contribution in [3.63, 3.8) is 0 Å². The average molecular weight is 389 g/mol. The van der Waals surface area contributed by atoms with Gasteiger partial charge in [-0.1, -0.05) is 29.3 Å². The molecule has 2 N–H and O–H groups in total. The highest BCUT2D eigenvalue weighted by Crippen LogP contribution is 2.27. The van der Waals surface area contributed by atoms with Gasteiger partial charge in [-0.3, -0.25) is 9.59 Å². The molecule has 0 aliphatic rings. The second-order valence-corrected chi connectivity index (χ2v) is 6.38. The largest absolute Gasteiger partial charge is 0.459 e. The quantitative estimate of drug-likeness (QED) is 0.628. The molecular weight excluding hydrogens is 375 g/mol. The molecule has 2 amide bonds. The number of aryl methyl sites for hydroxylation is 1. The van der Waals surface area contributed by atoms with Crippen LogP contribution >= 0.6 is 23.2 Å². The summed E-state index contributed by atoms with van der Waals surface area (Å²) in [6.45, 7) is 1.89. The highest BCUT2D eigenvalue weighted by atomic mass is 35.5. The first-order valence-corrected chi connectivity index (χ1v) is 8.41. The number of amides is 2. The van der Waals surface area contributed by atoms with Crippen LogP contribution in [0.1, 0.15) is 26.5 Å². The molecule has 0 spiro atoms. The minimum absolute atomic E-state index is 0.174. The van der Waals surface area contributed by atoms with Crippen LogP contribution in [0.2, 0.25) is 10.0 Å². The van der Waals surface area contributed by atoms with E-state index in [-0.39, 0.29) is 16.7 Å². The molecule has 0 bridgehead atoms. The fourth-order valence-corrected chi connectivity index (χ4v) is 2.84. The predicted octanol–water partition coefficient (Wildman–Crippen LogP) is 5.40. The third-order valence-electron chi connectivity index (χ3n) is 3.59. The first-order chi connectivity index (χ1) is 12.4. The van der Waals surface area contributed by atoms with Crippen molar-refractivity contribution in [1.29, 1.82) is 0 Å². The van der Waals surface area contributed by atoms with Gasteiger partial charge in [0, 0.05) is 5.69 Å². The Balaban J connectivity index is 1.73. The van der Waals surface area contributed by atoms with Crippen molar-refractivity contribution in [3.8, 4) is 0 Å². The number of halogens is 2. The SMILES string of the molecule is Cc1ccc(C(=O)Nc2ccc(NC(=O)c3ccco3)c(Cl)c2)c(Cl)c1. The van der Waals surface area contributed by atoms with Gasteiger partial charge < -0.3 is 15.1 Å². The van der Waals surface area contributed by atoms with Crippen LogP contribution in [-0.2, 0) is 0 Å². The van der Waals surface area contributed by atoms with Crippen LogP contribution in [-0.4, -0.2) is 11.8 Å². The van der Waals surface area contributed by atoms with Crippen molar-refractivity contribution >= 4 is 46.4 Å². The van der Waals surface area contributed by atoms with Crippen LogP contribution in [0.3, 0.4) is 0 Å². The van der Waals surface area contributed by atoms with Gasteiger partial charge in [0.2, 0.25) is 0 Å². The molecule has 0 fully saturated rings. The zero-order chi connectivity index (χ0) is 18.7. The predicted molar refractivity (Wildman–Crippen MR) is 102 cm³/mol. The summed E-state index contributed by atoms with van der Waals surface area (Å²) in [4.78, 5) is 24.3. The van der Waals surface area contributed by atoms with E-state index in [2.05, 4.69) is 10.6 Å². The summed E-state index contributed by atoms with van der Waals surface area (Å²) in [5.74, 6) is -0.592. The summed E-state index contributed by atoms with van der Waals surface area (Å²) in [5, 5.41) is 6.02. The summed E-state index contributed by atoms with van der Waals surface area (Å²) >= 11 is 12.3. The summed E-state index contributed by atoms with van der Waals surface area (Å²) in [6, 6.07) is 13.1. The Morgan fingerprint density at radius 3 is 2.38 bits per heavy atom. The summed E-state index contributed by atoms with van der Waals surface area (Å²) in [5.41, 5.74) is 2.21. The number of anilines is 2. The second kappa shape index (κ2) is 7.64. The maximum atomic E-state index is 12.4. The van der Waals surface area contributed by atoms with E-state index in [4.69, 9.17) is 27.6 Å². The standard InChI is InChI=1S/C19H14Cl2N2O3/c1-11-4-6-13(14(20)9-11)18(24)22-12-5-7-16(15(21)10-12)23-19(25)17-3-2-8-26-17/h2-10H,1H3,(H,22,24)(H,23,25). The van der Waals surface area contributed by atoms with E-state index in [1.54, 1.807) is 48.5 Å². The van der Waals surface area contributed by atoms with Crippen molar-refractivity contribution in [1.82, 2.24) is 0 Å². The molecule has 5 nitrogen and oxygen atoms in total. The summed E-state index contributed by atoms with van der Waals surface area (Å²) in [6.07, 6.45) is 1.41. The molecular formula is C19H14Cl2N2O3. The van der Waals surface area contributed by atoms with Crippen LogP contribution < -0.4 is 10.6 Å². The van der Waals surface area contributed by atoms with Gasteiger partial charge in [0.25, 0.3) is 11.8 Å². The lowest BCUT2D eigenvalue weighted by molar-refractivity contribution is 0.0994. The Hall–Kier alpha value is -2.76. The molecule has 0 aliphatic carbocycles. The average Bonchev–Trinajstić information content (AvgIpc) is 3.11. The minimum atomic E-state index is -0.417. The van der Waals surface area contributed by atoms with Gasteiger partial charge in [0.15, 0.2) is 5.76 Å². The molecule has 132 valence electrons. The Kier molecular flexibility index (Phi) is 5.30.